The molecule has 0 spiro atoms. The van der Waals surface area contributed by atoms with E-state index in [9.17, 15) is 4.79 Å². The number of hydrogen-bond donors (Lipinski definition) is 1. The van der Waals surface area contributed by atoms with Crippen LogP contribution < -0.4 is 10.1 Å². The molecule has 0 saturated carbocycles. The highest BCUT2D eigenvalue weighted by Gasteiger charge is 2.10. The highest BCUT2D eigenvalue weighted by atomic mass is 35.5. The average molecular weight is 294 g/mol. The molecule has 0 fully saturated rings. The van der Waals surface area contributed by atoms with E-state index < -0.39 is 0 Å². The fourth-order valence-electron chi connectivity index (χ4n) is 1.71. The van der Waals surface area contributed by atoms with Gasteiger partial charge in [-0.3, -0.25) is 4.79 Å². The summed E-state index contributed by atoms with van der Waals surface area (Å²) < 4.78 is 10.6. The Morgan fingerprint density at radius 1 is 1.25 bits per heavy atom. The van der Waals surface area contributed by atoms with Crippen molar-refractivity contribution in [3.63, 3.8) is 0 Å². The first-order valence-corrected chi connectivity index (χ1v) is 6.91. The van der Waals surface area contributed by atoms with Crippen LogP contribution in [0.25, 0.3) is 0 Å². The van der Waals surface area contributed by atoms with Crippen molar-refractivity contribution in [3.8, 4) is 5.75 Å². The Morgan fingerprint density at radius 2 is 2.00 bits per heavy atom. The molecular formula is C15H16ClNO3. The van der Waals surface area contributed by atoms with Crippen molar-refractivity contribution in [1.82, 2.24) is 5.32 Å². The van der Waals surface area contributed by atoms with E-state index in [0.29, 0.717) is 18.9 Å². The molecule has 20 heavy (non-hydrogen) atoms. The maximum Gasteiger partial charge on any atom is 0.287 e. The molecule has 0 saturated heterocycles. The second kappa shape index (κ2) is 7.01. The molecule has 0 bridgehead atoms. The third-order valence-corrected chi connectivity index (χ3v) is 2.97. The number of ether oxygens (including phenoxy) is 1. The van der Waals surface area contributed by atoms with Gasteiger partial charge in [-0.15, -0.1) is 11.6 Å². The van der Waals surface area contributed by atoms with E-state index in [-0.39, 0.29) is 17.5 Å². The molecule has 2 rings (SSSR count). The highest BCUT2D eigenvalue weighted by Crippen LogP contribution is 2.13. The minimum atomic E-state index is -0.254. The first-order chi connectivity index (χ1) is 9.72. The van der Waals surface area contributed by atoms with Crippen LogP contribution in [0.15, 0.2) is 40.8 Å². The van der Waals surface area contributed by atoms with Crippen LogP contribution in [-0.4, -0.2) is 12.5 Å². The Labute approximate surface area is 122 Å². The van der Waals surface area contributed by atoms with Crippen LogP contribution in [-0.2, 0) is 12.4 Å². The summed E-state index contributed by atoms with van der Waals surface area (Å²) in [7, 11) is 0. The minimum Gasteiger partial charge on any atom is -0.494 e. The maximum absolute atomic E-state index is 11.8. The van der Waals surface area contributed by atoms with Gasteiger partial charge in [0.2, 0.25) is 0 Å². The number of carbonyl (C=O) groups is 1. The second-order valence-corrected chi connectivity index (χ2v) is 4.43. The molecule has 0 radical (unpaired) electrons. The van der Waals surface area contributed by atoms with E-state index >= 15 is 0 Å². The van der Waals surface area contributed by atoms with Gasteiger partial charge in [0.1, 0.15) is 11.5 Å². The SMILES string of the molecule is CCOc1ccc(CNC(=O)c2ccc(CCl)o2)cc1. The molecule has 1 amide bonds. The van der Waals surface area contributed by atoms with Crippen LogP contribution in [0.5, 0.6) is 5.75 Å². The van der Waals surface area contributed by atoms with Gasteiger partial charge in [0.05, 0.1) is 12.5 Å². The number of carbonyl (C=O) groups excluding carboxylic acids is 1. The molecule has 0 aliphatic rings. The molecule has 0 unspecified atom stereocenters. The molecule has 4 nitrogen and oxygen atoms in total. The molecule has 106 valence electrons. The van der Waals surface area contributed by atoms with Crippen LogP contribution >= 0.6 is 11.6 Å². The van der Waals surface area contributed by atoms with Crippen LogP contribution in [0.2, 0.25) is 0 Å². The summed E-state index contributed by atoms with van der Waals surface area (Å²) in [6, 6.07) is 10.9. The van der Waals surface area contributed by atoms with E-state index in [4.69, 9.17) is 20.8 Å². The number of hydrogen-bond acceptors (Lipinski definition) is 3. The quantitative estimate of drug-likeness (QED) is 0.831. The van der Waals surface area contributed by atoms with Gasteiger partial charge in [-0.25, -0.2) is 0 Å². The zero-order valence-electron chi connectivity index (χ0n) is 11.2. The zero-order chi connectivity index (χ0) is 14.4. The predicted octanol–water partition coefficient (Wildman–Crippen LogP) is 3.35. The molecule has 0 aliphatic carbocycles. The van der Waals surface area contributed by atoms with Crippen molar-refractivity contribution in [1.29, 1.82) is 0 Å². The van der Waals surface area contributed by atoms with Crippen LogP contribution in [0.3, 0.4) is 0 Å². The first-order valence-electron chi connectivity index (χ1n) is 6.37. The van der Waals surface area contributed by atoms with E-state index in [0.717, 1.165) is 11.3 Å². The minimum absolute atomic E-state index is 0.254. The largest absolute Gasteiger partial charge is 0.494 e. The average Bonchev–Trinajstić information content (AvgIpc) is 2.95. The zero-order valence-corrected chi connectivity index (χ0v) is 11.9. The Morgan fingerprint density at radius 3 is 2.60 bits per heavy atom. The molecule has 1 heterocycles. The summed E-state index contributed by atoms with van der Waals surface area (Å²) in [6.07, 6.45) is 0. The number of nitrogens with one attached hydrogen (secondary N) is 1. The predicted molar refractivity (Wildman–Crippen MR) is 77.0 cm³/mol. The van der Waals surface area contributed by atoms with Gasteiger partial charge in [0.15, 0.2) is 5.76 Å². The Balaban J connectivity index is 1.89. The number of furan rings is 1. The van der Waals surface area contributed by atoms with Crippen molar-refractivity contribution in [2.75, 3.05) is 6.61 Å². The number of amides is 1. The summed E-state index contributed by atoms with van der Waals surface area (Å²) >= 11 is 5.62. The third kappa shape index (κ3) is 3.78. The molecule has 1 aromatic carbocycles. The fraction of sp³-hybridized carbons (Fsp3) is 0.267. The smallest absolute Gasteiger partial charge is 0.287 e. The molecular weight excluding hydrogens is 278 g/mol. The van der Waals surface area contributed by atoms with Crippen molar-refractivity contribution in [2.24, 2.45) is 0 Å². The van der Waals surface area contributed by atoms with Gasteiger partial charge < -0.3 is 14.5 Å². The van der Waals surface area contributed by atoms with Gasteiger partial charge in [0.25, 0.3) is 5.91 Å². The highest BCUT2D eigenvalue weighted by molar-refractivity contribution is 6.16. The van der Waals surface area contributed by atoms with E-state index in [1.165, 1.54) is 0 Å². The molecule has 1 N–H and O–H groups in total. The summed E-state index contributed by atoms with van der Waals surface area (Å²) in [6.45, 7) is 3.01. The standard InChI is InChI=1S/C15H16ClNO3/c1-2-19-12-5-3-11(4-6-12)10-17-15(18)14-8-7-13(9-16)20-14/h3-8H,2,9-10H2,1H3,(H,17,18). The van der Waals surface area contributed by atoms with E-state index in [2.05, 4.69) is 5.32 Å². The van der Waals surface area contributed by atoms with Crippen molar-refractivity contribution >= 4 is 17.5 Å². The monoisotopic (exact) mass is 293 g/mol. The molecule has 5 heteroatoms. The molecule has 2 aromatic rings. The summed E-state index contributed by atoms with van der Waals surface area (Å²) in [4.78, 5) is 11.8. The van der Waals surface area contributed by atoms with Crippen molar-refractivity contribution in [2.45, 2.75) is 19.3 Å². The molecule has 1 aromatic heterocycles. The van der Waals surface area contributed by atoms with Gasteiger partial charge >= 0.3 is 0 Å². The lowest BCUT2D eigenvalue weighted by atomic mass is 10.2. The normalized spacial score (nSPS) is 10.3. The lowest BCUT2D eigenvalue weighted by molar-refractivity contribution is 0.0921. The summed E-state index contributed by atoms with van der Waals surface area (Å²) in [5.74, 6) is 1.67. The Hall–Kier alpha value is -1.94. The van der Waals surface area contributed by atoms with Gasteiger partial charge in [0, 0.05) is 6.54 Å². The summed E-state index contributed by atoms with van der Waals surface area (Å²) in [5.41, 5.74) is 0.992. The van der Waals surface area contributed by atoms with E-state index in [1.807, 2.05) is 31.2 Å². The number of rotatable bonds is 6. The lowest BCUT2D eigenvalue weighted by Crippen LogP contribution is -2.22. The van der Waals surface area contributed by atoms with Crippen LogP contribution in [0, 0.1) is 0 Å². The summed E-state index contributed by atoms with van der Waals surface area (Å²) in [5, 5.41) is 2.79. The van der Waals surface area contributed by atoms with Crippen molar-refractivity contribution in [3.05, 3.63) is 53.5 Å². The Kier molecular flexibility index (Phi) is 5.07. The Bertz CT molecular complexity index is 563. The fourth-order valence-corrected chi connectivity index (χ4v) is 1.86. The number of alkyl halides is 1. The first kappa shape index (κ1) is 14.5. The van der Waals surface area contributed by atoms with Gasteiger partial charge in [-0.1, -0.05) is 12.1 Å². The number of benzene rings is 1. The van der Waals surface area contributed by atoms with Gasteiger partial charge in [-0.2, -0.15) is 0 Å². The molecule has 0 aliphatic heterocycles. The molecule has 0 atom stereocenters. The van der Waals surface area contributed by atoms with E-state index in [1.54, 1.807) is 12.1 Å². The van der Waals surface area contributed by atoms with Crippen LogP contribution in [0.4, 0.5) is 0 Å². The number of halogens is 1. The topological polar surface area (TPSA) is 51.5 Å². The maximum atomic E-state index is 11.8. The lowest BCUT2D eigenvalue weighted by Gasteiger charge is -2.06. The van der Waals surface area contributed by atoms with Crippen LogP contribution in [0.1, 0.15) is 28.8 Å². The third-order valence-electron chi connectivity index (χ3n) is 2.70. The van der Waals surface area contributed by atoms with Crippen molar-refractivity contribution < 1.29 is 13.9 Å². The second-order valence-electron chi connectivity index (χ2n) is 4.16. The van der Waals surface area contributed by atoms with Gasteiger partial charge in [-0.05, 0) is 36.8 Å².